The van der Waals surface area contributed by atoms with E-state index in [1.165, 1.54) is 25.3 Å². The van der Waals surface area contributed by atoms with Crippen molar-refractivity contribution >= 4 is 23.6 Å². The van der Waals surface area contributed by atoms with Gasteiger partial charge < -0.3 is 18.9 Å². The number of aliphatic imine (C=N–C) groups is 1. The second-order valence-corrected chi connectivity index (χ2v) is 6.39. The summed E-state index contributed by atoms with van der Waals surface area (Å²) in [6.45, 7) is 0.246. The van der Waals surface area contributed by atoms with Gasteiger partial charge in [-0.25, -0.2) is 9.79 Å². The molecule has 2 aromatic carbocycles. The highest BCUT2D eigenvalue weighted by molar-refractivity contribution is 6.11. The number of methoxy groups -OCH3 is 2. The predicted molar refractivity (Wildman–Crippen MR) is 107 cm³/mol. The van der Waals surface area contributed by atoms with E-state index < -0.39 is 10.9 Å². The maximum absolute atomic E-state index is 12.3. The van der Waals surface area contributed by atoms with E-state index in [1.54, 1.807) is 19.3 Å². The maximum Gasteiger partial charge on any atom is 0.363 e. The second kappa shape index (κ2) is 7.70. The fourth-order valence-corrected chi connectivity index (χ4v) is 3.05. The number of carbonyl (C=O) groups excluding carboxylic acids is 1. The fraction of sp³-hybridized carbons (Fsp3) is 0.143. The number of carbonyl (C=O) groups is 1. The van der Waals surface area contributed by atoms with E-state index in [9.17, 15) is 14.9 Å². The molecular formula is C21H16N2O7. The monoisotopic (exact) mass is 408 g/mol. The van der Waals surface area contributed by atoms with Gasteiger partial charge in [-0.15, -0.1) is 0 Å². The number of cyclic esters (lactones) is 1. The number of fused-ring (bicyclic) bond motifs is 1. The Labute approximate surface area is 171 Å². The molecule has 0 atom stereocenters. The predicted octanol–water partition coefficient (Wildman–Crippen LogP) is 3.28. The van der Waals surface area contributed by atoms with Gasteiger partial charge in [0.1, 0.15) is 18.1 Å². The summed E-state index contributed by atoms with van der Waals surface area (Å²) in [5.41, 5.74) is 1.70. The SMILES string of the molecule is COc1ccc2c(c1)OCC(/C=C1/N=C(c3ccc(OC)c([N+](=O)[O-])c3)OC1=O)=C2. The lowest BCUT2D eigenvalue weighted by Gasteiger charge is -2.16. The third-order valence-electron chi connectivity index (χ3n) is 4.52. The van der Waals surface area contributed by atoms with Gasteiger partial charge in [-0.1, -0.05) is 0 Å². The first-order valence-corrected chi connectivity index (χ1v) is 8.85. The Kier molecular flexibility index (Phi) is 4.93. The van der Waals surface area contributed by atoms with Crippen molar-refractivity contribution in [3.05, 3.63) is 75.0 Å². The molecule has 0 unspecified atom stereocenters. The molecule has 0 amide bonds. The third kappa shape index (κ3) is 3.60. The van der Waals surface area contributed by atoms with Crippen molar-refractivity contribution in [1.29, 1.82) is 0 Å². The Balaban J connectivity index is 1.64. The minimum absolute atomic E-state index is 0.0144. The first kappa shape index (κ1) is 19.2. The zero-order valence-corrected chi connectivity index (χ0v) is 16.1. The molecule has 2 aliphatic rings. The van der Waals surface area contributed by atoms with Gasteiger partial charge in [0, 0.05) is 23.3 Å². The Morgan fingerprint density at radius 2 is 2.00 bits per heavy atom. The average Bonchev–Trinajstić information content (AvgIpc) is 3.12. The number of esters is 1. The van der Waals surface area contributed by atoms with Gasteiger partial charge in [-0.05, 0) is 42.0 Å². The molecule has 0 bridgehead atoms. The Morgan fingerprint density at radius 1 is 1.17 bits per heavy atom. The third-order valence-corrected chi connectivity index (χ3v) is 4.52. The molecule has 152 valence electrons. The molecule has 9 heteroatoms. The van der Waals surface area contributed by atoms with Crippen LogP contribution in [0.15, 0.2) is 58.7 Å². The maximum atomic E-state index is 12.3. The molecule has 0 aliphatic carbocycles. The first-order valence-electron chi connectivity index (χ1n) is 8.85. The summed E-state index contributed by atoms with van der Waals surface area (Å²) < 4.78 is 21.1. The summed E-state index contributed by atoms with van der Waals surface area (Å²) in [5.74, 6) is 0.806. The largest absolute Gasteiger partial charge is 0.497 e. The number of benzene rings is 2. The Hall–Kier alpha value is -4.14. The fourth-order valence-electron chi connectivity index (χ4n) is 3.05. The summed E-state index contributed by atoms with van der Waals surface area (Å²) in [6, 6.07) is 9.66. The normalized spacial score (nSPS) is 16.2. The quantitative estimate of drug-likeness (QED) is 0.323. The smallest absolute Gasteiger partial charge is 0.363 e. The van der Waals surface area contributed by atoms with Crippen molar-refractivity contribution in [1.82, 2.24) is 0 Å². The van der Waals surface area contributed by atoms with Crippen molar-refractivity contribution < 1.29 is 28.7 Å². The number of ether oxygens (including phenoxy) is 4. The average molecular weight is 408 g/mol. The number of nitro groups is 1. The molecule has 0 spiro atoms. The highest BCUT2D eigenvalue weighted by atomic mass is 16.6. The van der Waals surface area contributed by atoms with Crippen LogP contribution in [0, 0.1) is 10.1 Å². The number of nitro benzene ring substituents is 1. The number of hydrogen-bond acceptors (Lipinski definition) is 8. The van der Waals surface area contributed by atoms with E-state index in [4.69, 9.17) is 18.9 Å². The Morgan fingerprint density at radius 3 is 2.73 bits per heavy atom. The highest BCUT2D eigenvalue weighted by Crippen LogP contribution is 2.32. The van der Waals surface area contributed by atoms with Crippen LogP contribution in [-0.2, 0) is 9.53 Å². The van der Waals surface area contributed by atoms with Crippen LogP contribution in [-0.4, -0.2) is 37.6 Å². The minimum atomic E-state index is -0.648. The molecule has 0 aromatic heterocycles. The molecule has 2 heterocycles. The zero-order chi connectivity index (χ0) is 21.3. The molecule has 0 fully saturated rings. The second-order valence-electron chi connectivity index (χ2n) is 6.39. The molecule has 2 aliphatic heterocycles. The van der Waals surface area contributed by atoms with E-state index >= 15 is 0 Å². The van der Waals surface area contributed by atoms with Crippen LogP contribution in [0.25, 0.3) is 6.08 Å². The van der Waals surface area contributed by atoms with Crippen molar-refractivity contribution in [3.8, 4) is 17.2 Å². The topological polar surface area (TPSA) is 109 Å². The van der Waals surface area contributed by atoms with Crippen LogP contribution in [0.3, 0.4) is 0 Å². The van der Waals surface area contributed by atoms with Gasteiger partial charge in [-0.2, -0.15) is 0 Å². The van der Waals surface area contributed by atoms with Crippen LogP contribution in [0.4, 0.5) is 5.69 Å². The lowest BCUT2D eigenvalue weighted by atomic mass is 10.1. The summed E-state index contributed by atoms with van der Waals surface area (Å²) in [7, 11) is 2.92. The first-order chi connectivity index (χ1) is 14.5. The van der Waals surface area contributed by atoms with Crippen LogP contribution in [0.5, 0.6) is 17.2 Å². The van der Waals surface area contributed by atoms with E-state index in [-0.39, 0.29) is 29.6 Å². The molecule has 4 rings (SSSR count). The van der Waals surface area contributed by atoms with Gasteiger partial charge in [-0.3, -0.25) is 10.1 Å². The molecule has 0 saturated heterocycles. The van der Waals surface area contributed by atoms with Gasteiger partial charge in [0.25, 0.3) is 0 Å². The van der Waals surface area contributed by atoms with Crippen molar-refractivity contribution in [2.75, 3.05) is 20.8 Å². The molecule has 9 nitrogen and oxygen atoms in total. The lowest BCUT2D eigenvalue weighted by Crippen LogP contribution is -2.08. The van der Waals surface area contributed by atoms with E-state index in [0.717, 1.165) is 11.1 Å². The van der Waals surface area contributed by atoms with E-state index in [0.29, 0.717) is 17.1 Å². The van der Waals surface area contributed by atoms with Crippen molar-refractivity contribution in [3.63, 3.8) is 0 Å². The Bertz CT molecular complexity index is 1150. The van der Waals surface area contributed by atoms with Crippen molar-refractivity contribution in [2.45, 2.75) is 0 Å². The van der Waals surface area contributed by atoms with E-state index in [2.05, 4.69) is 4.99 Å². The van der Waals surface area contributed by atoms with E-state index in [1.807, 2.05) is 18.2 Å². The molecule has 0 saturated carbocycles. The number of hydrogen-bond donors (Lipinski definition) is 0. The van der Waals surface area contributed by atoms with Crippen LogP contribution in [0.1, 0.15) is 11.1 Å². The van der Waals surface area contributed by atoms with Crippen LogP contribution in [0.2, 0.25) is 0 Å². The standard InChI is InChI=1S/C21H16N2O7/c1-27-15-5-3-13-7-12(11-29-19(13)10-15)8-16-21(24)30-20(22-16)14-4-6-18(28-2)17(9-14)23(25)26/h3-10H,11H2,1-2H3/b16-8+. The van der Waals surface area contributed by atoms with Crippen molar-refractivity contribution in [2.24, 2.45) is 4.99 Å². The van der Waals surface area contributed by atoms with Gasteiger partial charge >= 0.3 is 11.7 Å². The highest BCUT2D eigenvalue weighted by Gasteiger charge is 2.27. The molecule has 0 N–H and O–H groups in total. The summed E-state index contributed by atoms with van der Waals surface area (Å²) in [6.07, 6.45) is 3.45. The summed E-state index contributed by atoms with van der Waals surface area (Å²) >= 11 is 0. The van der Waals surface area contributed by atoms with Gasteiger partial charge in [0.15, 0.2) is 11.4 Å². The van der Waals surface area contributed by atoms with Crippen LogP contribution < -0.4 is 14.2 Å². The summed E-state index contributed by atoms with van der Waals surface area (Å²) in [5, 5.41) is 11.2. The molecule has 0 radical (unpaired) electrons. The zero-order valence-electron chi connectivity index (χ0n) is 16.1. The van der Waals surface area contributed by atoms with Crippen LogP contribution >= 0.6 is 0 Å². The van der Waals surface area contributed by atoms with Gasteiger partial charge in [0.05, 0.1) is 19.1 Å². The number of nitrogens with zero attached hydrogens (tertiary/aromatic N) is 2. The van der Waals surface area contributed by atoms with Gasteiger partial charge in [0.2, 0.25) is 5.90 Å². The lowest BCUT2D eigenvalue weighted by molar-refractivity contribution is -0.385. The molecule has 2 aromatic rings. The minimum Gasteiger partial charge on any atom is -0.497 e. The summed E-state index contributed by atoms with van der Waals surface area (Å²) in [4.78, 5) is 27.1. The molecular weight excluding hydrogens is 392 g/mol. The number of rotatable bonds is 5. The molecule has 30 heavy (non-hydrogen) atoms.